The van der Waals surface area contributed by atoms with Gasteiger partial charge in [-0.05, 0) is 47.7 Å². The summed E-state index contributed by atoms with van der Waals surface area (Å²) in [6.45, 7) is 0. The van der Waals surface area contributed by atoms with E-state index in [1.54, 1.807) is 0 Å². The molecule has 1 heterocycles. The predicted octanol–water partition coefficient (Wildman–Crippen LogP) is 6.95. The van der Waals surface area contributed by atoms with Gasteiger partial charge in [-0.15, -0.1) is 0 Å². The minimum atomic E-state index is -4.40. The fourth-order valence-corrected chi connectivity index (χ4v) is 4.41. The summed E-state index contributed by atoms with van der Waals surface area (Å²) in [6, 6.07) is 10.2. The molecule has 0 radical (unpaired) electrons. The van der Waals surface area contributed by atoms with Crippen LogP contribution in [0.25, 0.3) is 0 Å². The van der Waals surface area contributed by atoms with Crippen LogP contribution in [0.2, 0.25) is 5.02 Å². The van der Waals surface area contributed by atoms with E-state index in [0.717, 1.165) is 22.5 Å². The number of nitrogens with one attached hydrogen (secondary N) is 1. The van der Waals surface area contributed by atoms with Gasteiger partial charge in [0.1, 0.15) is 0 Å². The molecule has 0 aromatic heterocycles. The molecule has 0 unspecified atom stereocenters. The zero-order chi connectivity index (χ0) is 17.8. The van der Waals surface area contributed by atoms with Gasteiger partial charge in [0.15, 0.2) is 0 Å². The molecule has 4 rings (SSSR count). The van der Waals surface area contributed by atoms with Gasteiger partial charge in [0.2, 0.25) is 0 Å². The molecule has 0 bridgehead atoms. The number of hydrogen-bond acceptors (Lipinski definition) is 1. The fraction of sp³-hybridized carbons (Fsp3) is 0.263. The standard InChI is InChI=1S/C19H14BrClF3N/c20-11-6-4-10(5-7-11)17-13-3-1-2-12(13)16-14(19(22,23)24)8-9-15(21)18(16)25-17/h1-2,4-9,12-13,17,25H,3H2/t12-,13-,17+/m1/s1. The second-order valence-corrected chi connectivity index (χ2v) is 7.73. The van der Waals surface area contributed by atoms with Gasteiger partial charge in [0, 0.05) is 10.4 Å². The second-order valence-electron chi connectivity index (χ2n) is 6.41. The average molecular weight is 429 g/mol. The van der Waals surface area contributed by atoms with E-state index in [9.17, 15) is 13.2 Å². The summed E-state index contributed by atoms with van der Waals surface area (Å²) in [4.78, 5) is 0. The van der Waals surface area contributed by atoms with Crippen molar-refractivity contribution in [1.29, 1.82) is 0 Å². The highest BCUT2D eigenvalue weighted by atomic mass is 79.9. The van der Waals surface area contributed by atoms with Crippen LogP contribution in [0.1, 0.15) is 35.1 Å². The Kier molecular flexibility index (Phi) is 4.12. The van der Waals surface area contributed by atoms with Gasteiger partial charge in [-0.1, -0.05) is 51.8 Å². The lowest BCUT2D eigenvalue weighted by Crippen LogP contribution is -2.31. The summed E-state index contributed by atoms with van der Waals surface area (Å²) in [6.07, 6.45) is 0.199. The Hall–Kier alpha value is -1.46. The van der Waals surface area contributed by atoms with Gasteiger partial charge in [-0.3, -0.25) is 0 Å². The summed E-state index contributed by atoms with van der Waals surface area (Å²) in [5.74, 6) is -0.256. The number of allylic oxidation sites excluding steroid dienone is 2. The van der Waals surface area contributed by atoms with Crippen molar-refractivity contribution in [2.24, 2.45) is 5.92 Å². The largest absolute Gasteiger partial charge is 0.416 e. The van der Waals surface area contributed by atoms with Gasteiger partial charge in [-0.25, -0.2) is 0 Å². The lowest BCUT2D eigenvalue weighted by atomic mass is 9.75. The van der Waals surface area contributed by atoms with Crippen molar-refractivity contribution in [3.05, 3.63) is 74.7 Å². The average Bonchev–Trinajstić information content (AvgIpc) is 3.04. The number of alkyl halides is 3. The molecule has 130 valence electrons. The molecule has 1 aliphatic heterocycles. The summed E-state index contributed by atoms with van der Waals surface area (Å²) < 4.78 is 41.6. The molecule has 0 fully saturated rings. The third kappa shape index (κ3) is 2.87. The number of benzene rings is 2. The smallest absolute Gasteiger partial charge is 0.376 e. The van der Waals surface area contributed by atoms with Crippen molar-refractivity contribution in [3.8, 4) is 0 Å². The predicted molar refractivity (Wildman–Crippen MR) is 96.9 cm³/mol. The Morgan fingerprint density at radius 3 is 2.48 bits per heavy atom. The maximum atomic E-state index is 13.5. The molecule has 25 heavy (non-hydrogen) atoms. The summed E-state index contributed by atoms with van der Waals surface area (Å²) in [5.41, 5.74) is 1.11. The van der Waals surface area contributed by atoms with Crippen molar-refractivity contribution in [2.45, 2.75) is 24.6 Å². The van der Waals surface area contributed by atoms with E-state index in [1.165, 1.54) is 6.07 Å². The molecule has 1 aliphatic carbocycles. The highest BCUT2D eigenvalue weighted by molar-refractivity contribution is 9.10. The summed E-state index contributed by atoms with van der Waals surface area (Å²) in [5, 5.41) is 3.62. The molecule has 0 saturated heterocycles. The molecular formula is C19H14BrClF3N. The molecule has 0 spiro atoms. The van der Waals surface area contributed by atoms with Crippen molar-refractivity contribution in [1.82, 2.24) is 0 Å². The molecule has 0 amide bonds. The van der Waals surface area contributed by atoms with Crippen LogP contribution >= 0.6 is 27.5 Å². The summed E-state index contributed by atoms with van der Waals surface area (Å²) >= 11 is 9.69. The van der Waals surface area contributed by atoms with Gasteiger partial charge >= 0.3 is 6.18 Å². The number of anilines is 1. The molecule has 2 aromatic carbocycles. The SMILES string of the molecule is FC(F)(F)c1ccc(Cl)c2c1[C@@H]1C=CC[C@H]1[C@H](c1ccc(Br)cc1)N2. The number of halogens is 5. The maximum absolute atomic E-state index is 13.5. The van der Waals surface area contributed by atoms with Gasteiger partial charge in [0.25, 0.3) is 0 Å². The molecule has 1 nitrogen and oxygen atoms in total. The number of fused-ring (bicyclic) bond motifs is 3. The second kappa shape index (κ2) is 6.06. The highest BCUT2D eigenvalue weighted by Crippen LogP contribution is 2.54. The number of rotatable bonds is 1. The Morgan fingerprint density at radius 2 is 1.80 bits per heavy atom. The Bertz CT molecular complexity index is 845. The first-order chi connectivity index (χ1) is 11.9. The van der Waals surface area contributed by atoms with Crippen LogP contribution in [0, 0.1) is 5.92 Å². The first kappa shape index (κ1) is 17.0. The van der Waals surface area contributed by atoms with Gasteiger partial charge in [-0.2, -0.15) is 13.2 Å². The molecule has 0 saturated carbocycles. The van der Waals surface area contributed by atoms with Crippen LogP contribution in [0.5, 0.6) is 0 Å². The maximum Gasteiger partial charge on any atom is 0.416 e. The fourth-order valence-electron chi connectivity index (χ4n) is 3.92. The minimum absolute atomic E-state index is 0.0354. The third-order valence-corrected chi connectivity index (χ3v) is 5.85. The van der Waals surface area contributed by atoms with Crippen molar-refractivity contribution >= 4 is 33.2 Å². The van der Waals surface area contributed by atoms with Crippen molar-refractivity contribution in [3.63, 3.8) is 0 Å². The van der Waals surface area contributed by atoms with Crippen LogP contribution in [-0.2, 0) is 6.18 Å². The lowest BCUT2D eigenvalue weighted by molar-refractivity contribution is -0.138. The normalized spacial score (nSPS) is 24.6. The third-order valence-electron chi connectivity index (χ3n) is 5.00. The highest BCUT2D eigenvalue weighted by Gasteiger charge is 2.44. The van der Waals surface area contributed by atoms with Crippen LogP contribution < -0.4 is 5.32 Å². The first-order valence-electron chi connectivity index (χ1n) is 7.94. The van der Waals surface area contributed by atoms with E-state index in [0.29, 0.717) is 10.7 Å². The van der Waals surface area contributed by atoms with E-state index >= 15 is 0 Å². The summed E-state index contributed by atoms with van der Waals surface area (Å²) in [7, 11) is 0. The molecule has 1 N–H and O–H groups in total. The molecule has 2 aromatic rings. The monoisotopic (exact) mass is 427 g/mol. The zero-order valence-corrected chi connectivity index (χ0v) is 15.3. The molecular weight excluding hydrogens is 415 g/mol. The van der Waals surface area contributed by atoms with E-state index < -0.39 is 11.7 Å². The Balaban J connectivity index is 1.87. The van der Waals surface area contributed by atoms with Gasteiger partial charge < -0.3 is 5.32 Å². The minimum Gasteiger partial charge on any atom is -0.376 e. The van der Waals surface area contributed by atoms with Crippen molar-refractivity contribution in [2.75, 3.05) is 5.32 Å². The van der Waals surface area contributed by atoms with Crippen LogP contribution in [0.4, 0.5) is 18.9 Å². The molecule has 2 aliphatic rings. The van der Waals surface area contributed by atoms with Crippen LogP contribution in [0.15, 0.2) is 53.0 Å². The molecule has 6 heteroatoms. The van der Waals surface area contributed by atoms with E-state index in [-0.39, 0.29) is 23.4 Å². The van der Waals surface area contributed by atoms with Crippen molar-refractivity contribution < 1.29 is 13.2 Å². The van der Waals surface area contributed by atoms with E-state index in [2.05, 4.69) is 21.2 Å². The lowest BCUT2D eigenvalue weighted by Gasteiger charge is -2.39. The number of hydrogen-bond donors (Lipinski definition) is 1. The first-order valence-corrected chi connectivity index (χ1v) is 9.11. The van der Waals surface area contributed by atoms with Gasteiger partial charge in [0.05, 0.1) is 22.3 Å². The Morgan fingerprint density at radius 1 is 1.08 bits per heavy atom. The van der Waals surface area contributed by atoms with Crippen LogP contribution in [0.3, 0.4) is 0 Å². The molecule has 3 atom stereocenters. The van der Waals surface area contributed by atoms with E-state index in [1.807, 2.05) is 36.4 Å². The zero-order valence-electron chi connectivity index (χ0n) is 12.9. The van der Waals surface area contributed by atoms with Crippen LogP contribution in [-0.4, -0.2) is 0 Å². The quantitative estimate of drug-likeness (QED) is 0.485. The topological polar surface area (TPSA) is 12.0 Å². The Labute approximate surface area is 157 Å². The van der Waals surface area contributed by atoms with E-state index in [4.69, 9.17) is 11.6 Å².